The number of esters is 1. The second kappa shape index (κ2) is 5.52. The van der Waals surface area contributed by atoms with Gasteiger partial charge in [-0.15, -0.1) is 0 Å². The third-order valence-electron chi connectivity index (χ3n) is 3.25. The van der Waals surface area contributed by atoms with Crippen LogP contribution in [0.4, 0.5) is 0 Å². The number of hydrogen-bond acceptors (Lipinski definition) is 3. The quantitative estimate of drug-likeness (QED) is 0.823. The fourth-order valence-corrected chi connectivity index (χ4v) is 2.56. The first-order chi connectivity index (χ1) is 8.22. The molecule has 4 heteroatoms. The number of carbonyl (C=O) groups is 1. The van der Waals surface area contributed by atoms with Crippen molar-refractivity contribution in [3.63, 3.8) is 0 Å². The highest BCUT2D eigenvalue weighted by molar-refractivity contribution is 6.31. The van der Waals surface area contributed by atoms with Gasteiger partial charge in [-0.1, -0.05) is 29.8 Å². The van der Waals surface area contributed by atoms with Crippen LogP contribution in [0.1, 0.15) is 24.3 Å². The molecule has 1 fully saturated rings. The van der Waals surface area contributed by atoms with E-state index in [1.807, 2.05) is 24.3 Å². The summed E-state index contributed by atoms with van der Waals surface area (Å²) >= 11 is 6.16. The second-order valence-corrected chi connectivity index (χ2v) is 4.69. The summed E-state index contributed by atoms with van der Waals surface area (Å²) in [6, 6.07) is 7.71. The van der Waals surface area contributed by atoms with Crippen molar-refractivity contribution in [1.82, 2.24) is 5.32 Å². The fraction of sp³-hybridized carbons (Fsp3) is 0.462. The van der Waals surface area contributed by atoms with Crippen molar-refractivity contribution in [1.29, 1.82) is 0 Å². The van der Waals surface area contributed by atoms with Crippen molar-refractivity contribution in [2.24, 2.45) is 0 Å². The molecule has 0 amide bonds. The molecule has 1 heterocycles. The van der Waals surface area contributed by atoms with Crippen LogP contribution in [0.15, 0.2) is 24.3 Å². The Bertz CT molecular complexity index is 400. The molecule has 92 valence electrons. The van der Waals surface area contributed by atoms with Gasteiger partial charge in [-0.3, -0.25) is 4.79 Å². The predicted molar refractivity (Wildman–Crippen MR) is 67.2 cm³/mol. The Balaban J connectivity index is 2.00. The van der Waals surface area contributed by atoms with E-state index in [9.17, 15) is 4.79 Å². The zero-order valence-electron chi connectivity index (χ0n) is 9.78. The molecule has 1 aromatic rings. The summed E-state index contributed by atoms with van der Waals surface area (Å²) in [5.41, 5.74) is 1.16. The van der Waals surface area contributed by atoms with E-state index in [4.69, 9.17) is 16.3 Å². The summed E-state index contributed by atoms with van der Waals surface area (Å²) in [6.07, 6.45) is 1.75. The van der Waals surface area contributed by atoms with Gasteiger partial charge < -0.3 is 10.1 Å². The zero-order valence-corrected chi connectivity index (χ0v) is 10.5. The third kappa shape index (κ3) is 2.79. The lowest BCUT2D eigenvalue weighted by Crippen LogP contribution is -2.43. The van der Waals surface area contributed by atoms with Crippen molar-refractivity contribution >= 4 is 17.6 Å². The number of nitrogens with one attached hydrogen (secondary N) is 1. The molecule has 1 N–H and O–H groups in total. The van der Waals surface area contributed by atoms with Crippen molar-refractivity contribution in [3.05, 3.63) is 34.9 Å². The molecule has 17 heavy (non-hydrogen) atoms. The van der Waals surface area contributed by atoms with E-state index in [0.717, 1.165) is 30.0 Å². The number of piperidine rings is 1. The first kappa shape index (κ1) is 12.4. The first-order valence-electron chi connectivity index (χ1n) is 5.78. The maximum atomic E-state index is 11.4. The Morgan fingerprint density at radius 1 is 1.41 bits per heavy atom. The van der Waals surface area contributed by atoms with Crippen molar-refractivity contribution in [3.8, 4) is 0 Å². The molecule has 1 aliphatic heterocycles. The van der Waals surface area contributed by atoms with E-state index in [-0.39, 0.29) is 12.0 Å². The normalized spacial score (nSPS) is 24.4. The Labute approximate surface area is 106 Å². The van der Waals surface area contributed by atoms with Crippen LogP contribution in [0.25, 0.3) is 0 Å². The van der Waals surface area contributed by atoms with E-state index >= 15 is 0 Å². The van der Waals surface area contributed by atoms with Gasteiger partial charge in [-0.05, 0) is 30.4 Å². The minimum atomic E-state index is -0.178. The molecule has 1 aromatic carbocycles. The number of benzene rings is 1. The van der Waals surface area contributed by atoms with Crippen LogP contribution in [0, 0.1) is 0 Å². The predicted octanol–water partition coefficient (Wildman–Crippen LogP) is 2.35. The number of methoxy groups -OCH3 is 1. The van der Waals surface area contributed by atoms with Crippen molar-refractivity contribution < 1.29 is 9.53 Å². The molecule has 1 aliphatic rings. The number of rotatable bonds is 2. The van der Waals surface area contributed by atoms with Gasteiger partial charge in [0.2, 0.25) is 0 Å². The standard InChI is InChI=1S/C13H16ClNO2/c1-17-13(16)12-7-6-9(8-15-12)10-4-2-3-5-11(10)14/h2-5,9,12,15H,6-8H2,1H3. The molecule has 0 radical (unpaired) electrons. The molecule has 0 saturated carbocycles. The van der Waals surface area contributed by atoms with E-state index in [1.54, 1.807) is 0 Å². The molecule has 2 rings (SSSR count). The first-order valence-corrected chi connectivity index (χ1v) is 6.16. The van der Waals surface area contributed by atoms with Gasteiger partial charge >= 0.3 is 5.97 Å². The molecule has 0 aromatic heterocycles. The monoisotopic (exact) mass is 253 g/mol. The third-order valence-corrected chi connectivity index (χ3v) is 3.59. The summed E-state index contributed by atoms with van der Waals surface area (Å²) in [6.45, 7) is 0.767. The number of hydrogen-bond donors (Lipinski definition) is 1. The summed E-state index contributed by atoms with van der Waals surface area (Å²) in [7, 11) is 1.42. The topological polar surface area (TPSA) is 38.3 Å². The summed E-state index contributed by atoms with van der Waals surface area (Å²) in [5.74, 6) is 0.201. The Morgan fingerprint density at radius 2 is 2.18 bits per heavy atom. The van der Waals surface area contributed by atoms with Crippen LogP contribution in [0.3, 0.4) is 0 Å². The van der Waals surface area contributed by atoms with Gasteiger partial charge in [0.15, 0.2) is 0 Å². The lowest BCUT2D eigenvalue weighted by Gasteiger charge is -2.29. The van der Waals surface area contributed by atoms with E-state index < -0.39 is 0 Å². The van der Waals surface area contributed by atoms with Crippen molar-refractivity contribution in [2.45, 2.75) is 24.8 Å². The summed E-state index contributed by atoms with van der Waals surface area (Å²) in [5, 5.41) is 4.01. The fourth-order valence-electron chi connectivity index (χ4n) is 2.27. The average molecular weight is 254 g/mol. The van der Waals surface area contributed by atoms with Crippen LogP contribution in [0.2, 0.25) is 5.02 Å². The molecule has 2 unspecified atom stereocenters. The Kier molecular flexibility index (Phi) is 4.02. The highest BCUT2D eigenvalue weighted by atomic mass is 35.5. The van der Waals surface area contributed by atoms with Crippen LogP contribution >= 0.6 is 11.6 Å². The van der Waals surface area contributed by atoms with E-state index in [1.165, 1.54) is 7.11 Å². The minimum Gasteiger partial charge on any atom is -0.468 e. The lowest BCUT2D eigenvalue weighted by molar-refractivity contribution is -0.143. The number of halogens is 1. The van der Waals surface area contributed by atoms with Gasteiger partial charge in [0.05, 0.1) is 7.11 Å². The average Bonchev–Trinajstić information content (AvgIpc) is 2.39. The van der Waals surface area contributed by atoms with Gasteiger partial charge in [-0.2, -0.15) is 0 Å². The van der Waals surface area contributed by atoms with E-state index in [0.29, 0.717) is 5.92 Å². The maximum absolute atomic E-state index is 11.4. The Morgan fingerprint density at radius 3 is 2.76 bits per heavy atom. The van der Waals surface area contributed by atoms with E-state index in [2.05, 4.69) is 5.32 Å². The van der Waals surface area contributed by atoms with Gasteiger partial charge in [0.1, 0.15) is 6.04 Å². The summed E-state index contributed by atoms with van der Waals surface area (Å²) in [4.78, 5) is 11.4. The largest absolute Gasteiger partial charge is 0.468 e. The SMILES string of the molecule is COC(=O)C1CCC(c2ccccc2Cl)CN1. The molecular formula is C13H16ClNO2. The number of carbonyl (C=O) groups excluding carboxylic acids is 1. The molecule has 1 saturated heterocycles. The van der Waals surface area contributed by atoms with Crippen LogP contribution in [-0.2, 0) is 9.53 Å². The molecule has 2 atom stereocenters. The molecule has 0 aliphatic carbocycles. The van der Waals surface area contributed by atoms with Crippen LogP contribution < -0.4 is 5.32 Å². The van der Waals surface area contributed by atoms with Crippen molar-refractivity contribution in [2.75, 3.05) is 13.7 Å². The highest BCUT2D eigenvalue weighted by Gasteiger charge is 2.27. The van der Waals surface area contributed by atoms with Crippen LogP contribution in [0.5, 0.6) is 0 Å². The number of ether oxygens (including phenoxy) is 1. The second-order valence-electron chi connectivity index (χ2n) is 4.28. The zero-order chi connectivity index (χ0) is 12.3. The lowest BCUT2D eigenvalue weighted by atomic mass is 9.89. The van der Waals surface area contributed by atoms with Gasteiger partial charge in [-0.25, -0.2) is 0 Å². The molecule has 0 bridgehead atoms. The molecule has 0 spiro atoms. The Hall–Kier alpha value is -1.06. The highest BCUT2D eigenvalue weighted by Crippen LogP contribution is 2.30. The van der Waals surface area contributed by atoms with Gasteiger partial charge in [0, 0.05) is 11.6 Å². The molecule has 3 nitrogen and oxygen atoms in total. The molecular weight excluding hydrogens is 238 g/mol. The smallest absolute Gasteiger partial charge is 0.322 e. The maximum Gasteiger partial charge on any atom is 0.322 e. The summed E-state index contributed by atoms with van der Waals surface area (Å²) < 4.78 is 4.73. The minimum absolute atomic E-state index is 0.168. The van der Waals surface area contributed by atoms with Gasteiger partial charge in [0.25, 0.3) is 0 Å². The van der Waals surface area contributed by atoms with Crippen LogP contribution in [-0.4, -0.2) is 25.7 Å².